The van der Waals surface area contributed by atoms with Crippen LogP contribution in [-0.2, 0) is 16.0 Å². The summed E-state index contributed by atoms with van der Waals surface area (Å²) >= 11 is 0. The van der Waals surface area contributed by atoms with Crippen LogP contribution in [0.25, 0.3) is 0 Å². The van der Waals surface area contributed by atoms with Gasteiger partial charge in [-0.05, 0) is 31.7 Å². The van der Waals surface area contributed by atoms with Crippen molar-refractivity contribution in [2.75, 3.05) is 33.4 Å². The zero-order valence-electron chi connectivity index (χ0n) is 14.8. The number of benzene rings is 1. The highest BCUT2D eigenvalue weighted by Crippen LogP contribution is 2.12. The van der Waals surface area contributed by atoms with Crippen LogP contribution in [0.5, 0.6) is 0 Å². The molecule has 0 saturated carbocycles. The van der Waals surface area contributed by atoms with Crippen molar-refractivity contribution < 1.29 is 14.6 Å². The van der Waals surface area contributed by atoms with E-state index in [1.54, 1.807) is 7.11 Å². The summed E-state index contributed by atoms with van der Waals surface area (Å²) in [5.74, 6) is 0.134. The molecule has 24 heavy (non-hydrogen) atoms. The predicted molar refractivity (Wildman–Crippen MR) is 95.0 cm³/mol. The monoisotopic (exact) mass is 334 g/mol. The Morgan fingerprint density at radius 1 is 1.42 bits per heavy atom. The molecule has 0 aliphatic carbocycles. The third-order valence-electron chi connectivity index (χ3n) is 4.50. The van der Waals surface area contributed by atoms with Gasteiger partial charge < -0.3 is 20.1 Å². The van der Waals surface area contributed by atoms with Crippen molar-refractivity contribution in [3.63, 3.8) is 0 Å². The maximum atomic E-state index is 12.1. The average molecular weight is 334 g/mol. The Morgan fingerprint density at radius 2 is 2.17 bits per heavy atom. The van der Waals surface area contributed by atoms with Crippen LogP contribution in [0.15, 0.2) is 24.3 Å². The van der Waals surface area contributed by atoms with E-state index in [9.17, 15) is 9.90 Å². The highest BCUT2D eigenvalue weighted by Gasteiger charge is 2.22. The number of β-amino-alcohol motifs (C(OH)–C–C–N with tert-alkyl or cyclic N) is 1. The number of aryl methyl sites for hydroxylation is 2. The number of piperidine rings is 1. The standard InChI is InChI=1S/C19H30N2O3/c1-15-4-3-5-16(12-15)6-7-19(23)20-17-8-10-21(11-9-17)13-18(22)14-24-2/h3-5,12,17-18,22H,6-11,13-14H2,1-2H3,(H,20,23). The number of hydrogen-bond donors (Lipinski definition) is 2. The van der Waals surface area contributed by atoms with Crippen molar-refractivity contribution in [3.8, 4) is 0 Å². The number of methoxy groups -OCH3 is 1. The SMILES string of the molecule is COCC(O)CN1CCC(NC(=O)CCc2cccc(C)c2)CC1. The van der Waals surface area contributed by atoms with Crippen molar-refractivity contribution in [1.29, 1.82) is 0 Å². The summed E-state index contributed by atoms with van der Waals surface area (Å²) in [5, 5.41) is 12.9. The number of likely N-dealkylation sites (tertiary alicyclic amines) is 1. The van der Waals surface area contributed by atoms with Gasteiger partial charge in [0.25, 0.3) is 0 Å². The molecule has 1 aliphatic heterocycles. The van der Waals surface area contributed by atoms with Crippen molar-refractivity contribution in [2.45, 2.75) is 44.8 Å². The van der Waals surface area contributed by atoms with Crippen molar-refractivity contribution in [3.05, 3.63) is 35.4 Å². The first-order valence-corrected chi connectivity index (χ1v) is 8.81. The number of amides is 1. The first-order chi connectivity index (χ1) is 11.6. The zero-order chi connectivity index (χ0) is 17.4. The summed E-state index contributed by atoms with van der Waals surface area (Å²) in [6, 6.07) is 8.57. The molecule has 5 heteroatoms. The highest BCUT2D eigenvalue weighted by molar-refractivity contribution is 5.76. The minimum Gasteiger partial charge on any atom is -0.389 e. The summed E-state index contributed by atoms with van der Waals surface area (Å²) in [6.45, 7) is 4.89. The number of nitrogens with one attached hydrogen (secondary N) is 1. The molecule has 0 bridgehead atoms. The molecule has 0 radical (unpaired) electrons. The molecule has 5 nitrogen and oxygen atoms in total. The number of aliphatic hydroxyl groups is 1. The van der Waals surface area contributed by atoms with Gasteiger partial charge in [0.1, 0.15) is 0 Å². The first kappa shape index (κ1) is 18.9. The fraction of sp³-hybridized carbons (Fsp3) is 0.632. The molecule has 1 unspecified atom stereocenters. The number of aliphatic hydroxyl groups excluding tert-OH is 1. The summed E-state index contributed by atoms with van der Waals surface area (Å²) < 4.78 is 4.96. The lowest BCUT2D eigenvalue weighted by Crippen LogP contribution is -2.47. The first-order valence-electron chi connectivity index (χ1n) is 8.81. The second kappa shape index (κ2) is 9.77. The number of nitrogens with zero attached hydrogens (tertiary/aromatic N) is 1. The smallest absolute Gasteiger partial charge is 0.220 e. The maximum Gasteiger partial charge on any atom is 0.220 e. The second-order valence-electron chi connectivity index (χ2n) is 6.74. The van der Waals surface area contributed by atoms with E-state index in [0.29, 0.717) is 19.6 Å². The van der Waals surface area contributed by atoms with E-state index in [2.05, 4.69) is 35.3 Å². The van der Waals surface area contributed by atoms with Gasteiger partial charge in [0.2, 0.25) is 5.91 Å². The highest BCUT2D eigenvalue weighted by atomic mass is 16.5. The van der Waals surface area contributed by atoms with Gasteiger partial charge in [-0.25, -0.2) is 0 Å². The molecule has 134 valence electrons. The zero-order valence-corrected chi connectivity index (χ0v) is 14.8. The van der Waals surface area contributed by atoms with E-state index in [-0.39, 0.29) is 11.9 Å². The number of ether oxygens (including phenoxy) is 1. The molecule has 1 atom stereocenters. The molecule has 1 aromatic rings. The molecule has 2 rings (SSSR count). The lowest BCUT2D eigenvalue weighted by molar-refractivity contribution is -0.122. The van der Waals surface area contributed by atoms with E-state index >= 15 is 0 Å². The predicted octanol–water partition coefficient (Wildman–Crippen LogP) is 1.52. The largest absolute Gasteiger partial charge is 0.389 e. The molecule has 1 heterocycles. The molecule has 1 fully saturated rings. The van der Waals surface area contributed by atoms with E-state index in [4.69, 9.17) is 4.74 Å². The molecular weight excluding hydrogens is 304 g/mol. The van der Waals surface area contributed by atoms with Gasteiger partial charge >= 0.3 is 0 Å². The van der Waals surface area contributed by atoms with Gasteiger partial charge in [0.05, 0.1) is 12.7 Å². The van der Waals surface area contributed by atoms with Crippen LogP contribution in [0.3, 0.4) is 0 Å². The normalized spacial score (nSPS) is 17.6. The molecule has 0 spiro atoms. The van der Waals surface area contributed by atoms with Crippen LogP contribution >= 0.6 is 0 Å². The van der Waals surface area contributed by atoms with Gasteiger partial charge in [-0.2, -0.15) is 0 Å². The van der Waals surface area contributed by atoms with Crippen LogP contribution in [0, 0.1) is 6.92 Å². The van der Waals surface area contributed by atoms with E-state index in [1.807, 2.05) is 6.07 Å². The number of carbonyl (C=O) groups is 1. The molecule has 2 N–H and O–H groups in total. The third-order valence-corrected chi connectivity index (χ3v) is 4.50. The fourth-order valence-corrected chi connectivity index (χ4v) is 3.23. The number of carbonyl (C=O) groups excluding carboxylic acids is 1. The number of hydrogen-bond acceptors (Lipinski definition) is 4. The van der Waals surface area contributed by atoms with Crippen LogP contribution in [0.1, 0.15) is 30.4 Å². The van der Waals surface area contributed by atoms with Gasteiger partial charge in [0.15, 0.2) is 0 Å². The second-order valence-corrected chi connectivity index (χ2v) is 6.74. The Hall–Kier alpha value is -1.43. The summed E-state index contributed by atoms with van der Waals surface area (Å²) in [4.78, 5) is 14.4. The summed E-state index contributed by atoms with van der Waals surface area (Å²) in [7, 11) is 1.60. The van der Waals surface area contributed by atoms with Gasteiger partial charge in [-0.15, -0.1) is 0 Å². The van der Waals surface area contributed by atoms with Gasteiger partial charge in [-0.1, -0.05) is 29.8 Å². The Balaban J connectivity index is 1.65. The Morgan fingerprint density at radius 3 is 2.83 bits per heavy atom. The van der Waals surface area contributed by atoms with E-state index < -0.39 is 6.10 Å². The molecule has 0 aromatic heterocycles. The van der Waals surface area contributed by atoms with Gasteiger partial charge in [-0.3, -0.25) is 4.79 Å². The topological polar surface area (TPSA) is 61.8 Å². The summed E-state index contributed by atoms with van der Waals surface area (Å²) in [5.41, 5.74) is 2.45. The fourth-order valence-electron chi connectivity index (χ4n) is 3.23. The van der Waals surface area contributed by atoms with Crippen LogP contribution < -0.4 is 5.32 Å². The van der Waals surface area contributed by atoms with Crippen molar-refractivity contribution >= 4 is 5.91 Å². The maximum absolute atomic E-state index is 12.1. The van der Waals surface area contributed by atoms with Crippen molar-refractivity contribution in [1.82, 2.24) is 10.2 Å². The Bertz CT molecular complexity index is 513. The molecule has 1 amide bonds. The minimum absolute atomic E-state index is 0.134. The lowest BCUT2D eigenvalue weighted by atomic mass is 10.0. The van der Waals surface area contributed by atoms with Crippen LogP contribution in [0.4, 0.5) is 0 Å². The lowest BCUT2D eigenvalue weighted by Gasteiger charge is -2.33. The summed E-state index contributed by atoms with van der Waals surface area (Å²) in [6.07, 6.45) is 2.77. The Labute approximate surface area is 145 Å². The molecular formula is C19H30N2O3. The average Bonchev–Trinajstić information content (AvgIpc) is 2.55. The molecule has 1 saturated heterocycles. The molecule has 1 aromatic carbocycles. The third kappa shape index (κ3) is 6.59. The minimum atomic E-state index is -0.435. The van der Waals surface area contributed by atoms with Crippen molar-refractivity contribution in [2.24, 2.45) is 0 Å². The Kier molecular flexibility index (Phi) is 7.69. The van der Waals surface area contributed by atoms with Gasteiger partial charge in [0, 0.05) is 39.2 Å². The van der Waals surface area contributed by atoms with Crippen LogP contribution in [0.2, 0.25) is 0 Å². The van der Waals surface area contributed by atoms with E-state index in [0.717, 1.165) is 32.4 Å². The molecule has 1 aliphatic rings. The van der Waals surface area contributed by atoms with E-state index in [1.165, 1.54) is 11.1 Å². The van der Waals surface area contributed by atoms with Crippen LogP contribution in [-0.4, -0.2) is 61.4 Å². The number of rotatable bonds is 8. The quantitative estimate of drug-likeness (QED) is 0.757.